The average Bonchev–Trinajstić information content (AvgIpc) is 2.19. The van der Waals surface area contributed by atoms with E-state index in [4.69, 9.17) is 0 Å². The topological polar surface area (TPSA) is 69.4 Å². The van der Waals surface area contributed by atoms with Crippen molar-refractivity contribution in [3.05, 3.63) is 22.8 Å². The Labute approximate surface area is 88.2 Å². The Morgan fingerprint density at radius 2 is 2.40 bits per heavy atom. The van der Waals surface area contributed by atoms with Crippen LogP contribution in [0, 0.1) is 16.0 Å². The molecule has 5 heteroatoms. The molecular formula is C10H15NO4. The SMILES string of the molecule is C=CC(CC1CCCCC1=O)O[N+](=O)[O-]. The van der Waals surface area contributed by atoms with Gasteiger partial charge < -0.3 is 4.84 Å². The summed E-state index contributed by atoms with van der Waals surface area (Å²) >= 11 is 0. The molecule has 1 saturated carbocycles. The number of Topliss-reactive ketones (excluding diaryl/α,β-unsaturated/α-hetero) is 1. The summed E-state index contributed by atoms with van der Waals surface area (Å²) in [5, 5.41) is 9.31. The van der Waals surface area contributed by atoms with Crippen molar-refractivity contribution >= 4 is 5.78 Å². The van der Waals surface area contributed by atoms with Crippen molar-refractivity contribution in [3.63, 3.8) is 0 Å². The van der Waals surface area contributed by atoms with E-state index in [9.17, 15) is 14.9 Å². The number of hydrogen-bond donors (Lipinski definition) is 0. The van der Waals surface area contributed by atoms with Crippen LogP contribution in [0.1, 0.15) is 32.1 Å². The predicted molar refractivity (Wildman–Crippen MR) is 53.6 cm³/mol. The minimum absolute atomic E-state index is 0.0956. The normalized spacial score (nSPS) is 23.2. The van der Waals surface area contributed by atoms with Gasteiger partial charge in [-0.15, -0.1) is 16.7 Å². The van der Waals surface area contributed by atoms with E-state index in [-0.39, 0.29) is 11.7 Å². The van der Waals surface area contributed by atoms with Gasteiger partial charge in [-0.05, 0) is 19.3 Å². The smallest absolute Gasteiger partial charge is 0.295 e. The highest BCUT2D eigenvalue weighted by molar-refractivity contribution is 5.81. The maximum Gasteiger partial charge on any atom is 0.295 e. The third-order valence-corrected chi connectivity index (χ3v) is 2.68. The average molecular weight is 213 g/mol. The highest BCUT2D eigenvalue weighted by Crippen LogP contribution is 2.25. The first kappa shape index (κ1) is 11.7. The molecule has 84 valence electrons. The number of hydrogen-bond acceptors (Lipinski definition) is 4. The largest absolute Gasteiger partial charge is 0.306 e. The molecule has 0 spiro atoms. The lowest BCUT2D eigenvalue weighted by atomic mass is 9.84. The molecule has 0 heterocycles. The minimum atomic E-state index is -0.834. The van der Waals surface area contributed by atoms with Crippen LogP contribution in [0.15, 0.2) is 12.7 Å². The molecule has 2 atom stereocenters. The molecule has 0 aliphatic heterocycles. The van der Waals surface area contributed by atoms with Crippen LogP contribution in [-0.2, 0) is 9.63 Å². The van der Waals surface area contributed by atoms with Gasteiger partial charge in [0.25, 0.3) is 5.09 Å². The van der Waals surface area contributed by atoms with Crippen LogP contribution in [0.4, 0.5) is 0 Å². The molecule has 0 bridgehead atoms. The Morgan fingerprint density at radius 3 is 2.93 bits per heavy atom. The highest BCUT2D eigenvalue weighted by atomic mass is 17.0. The van der Waals surface area contributed by atoms with Crippen molar-refractivity contribution in [3.8, 4) is 0 Å². The fourth-order valence-electron chi connectivity index (χ4n) is 1.88. The monoisotopic (exact) mass is 213 g/mol. The molecule has 1 fully saturated rings. The number of carbonyl (C=O) groups is 1. The molecule has 1 rings (SSSR count). The van der Waals surface area contributed by atoms with Crippen LogP contribution in [0.3, 0.4) is 0 Å². The third kappa shape index (κ3) is 3.69. The second kappa shape index (κ2) is 5.48. The van der Waals surface area contributed by atoms with E-state index in [2.05, 4.69) is 11.4 Å². The van der Waals surface area contributed by atoms with Gasteiger partial charge >= 0.3 is 0 Å². The molecule has 0 aromatic rings. The third-order valence-electron chi connectivity index (χ3n) is 2.68. The summed E-state index contributed by atoms with van der Waals surface area (Å²) < 4.78 is 0. The lowest BCUT2D eigenvalue weighted by Gasteiger charge is -2.22. The fourth-order valence-corrected chi connectivity index (χ4v) is 1.88. The molecule has 0 aromatic carbocycles. The molecule has 2 unspecified atom stereocenters. The second-order valence-electron chi connectivity index (χ2n) is 3.75. The maximum absolute atomic E-state index is 11.5. The summed E-state index contributed by atoms with van der Waals surface area (Å²) in [6.45, 7) is 3.46. The quantitative estimate of drug-likeness (QED) is 0.397. The number of ketones is 1. The number of rotatable bonds is 5. The van der Waals surface area contributed by atoms with Gasteiger partial charge in [0, 0.05) is 12.3 Å². The van der Waals surface area contributed by atoms with Crippen molar-refractivity contribution in [1.82, 2.24) is 0 Å². The van der Waals surface area contributed by atoms with Crippen LogP contribution in [0.25, 0.3) is 0 Å². The standard InChI is InChI=1S/C10H15NO4/c1-2-9(15-11(13)14)7-8-5-3-4-6-10(8)12/h2,8-9H,1,3-7H2. The summed E-state index contributed by atoms with van der Waals surface area (Å²) in [5.41, 5.74) is 0. The van der Waals surface area contributed by atoms with Crippen LogP contribution in [-0.4, -0.2) is 17.0 Å². The van der Waals surface area contributed by atoms with Gasteiger partial charge in [-0.1, -0.05) is 12.5 Å². The predicted octanol–water partition coefficient (Wildman–Crippen LogP) is 1.90. The van der Waals surface area contributed by atoms with E-state index in [1.54, 1.807) is 0 Å². The lowest BCUT2D eigenvalue weighted by molar-refractivity contribution is -0.765. The molecule has 5 nitrogen and oxygen atoms in total. The molecule has 1 aliphatic carbocycles. The summed E-state index contributed by atoms with van der Waals surface area (Å²) in [5.74, 6) is 0.0988. The molecule has 0 aromatic heterocycles. The van der Waals surface area contributed by atoms with Gasteiger partial charge in [0.2, 0.25) is 0 Å². The van der Waals surface area contributed by atoms with E-state index in [1.807, 2.05) is 0 Å². The van der Waals surface area contributed by atoms with Gasteiger partial charge in [0.15, 0.2) is 0 Å². The van der Waals surface area contributed by atoms with Gasteiger partial charge in [0.05, 0.1) is 0 Å². The zero-order chi connectivity index (χ0) is 11.3. The zero-order valence-electron chi connectivity index (χ0n) is 8.55. The Morgan fingerprint density at radius 1 is 1.67 bits per heavy atom. The Balaban J connectivity index is 2.45. The molecule has 15 heavy (non-hydrogen) atoms. The van der Waals surface area contributed by atoms with Gasteiger partial charge in [-0.3, -0.25) is 4.79 Å². The van der Waals surface area contributed by atoms with Crippen LogP contribution in [0.2, 0.25) is 0 Å². The molecule has 0 saturated heterocycles. The Hall–Kier alpha value is -1.39. The molecule has 0 amide bonds. The van der Waals surface area contributed by atoms with Gasteiger partial charge in [-0.25, -0.2) is 0 Å². The summed E-state index contributed by atoms with van der Waals surface area (Å²) in [6.07, 6.45) is 4.45. The molecule has 0 N–H and O–H groups in total. The van der Waals surface area contributed by atoms with Gasteiger partial charge in [-0.2, -0.15) is 0 Å². The summed E-state index contributed by atoms with van der Waals surface area (Å²) in [7, 11) is 0. The summed E-state index contributed by atoms with van der Waals surface area (Å²) in [4.78, 5) is 26.0. The van der Waals surface area contributed by atoms with Crippen molar-refractivity contribution in [2.24, 2.45) is 5.92 Å². The van der Waals surface area contributed by atoms with Crippen LogP contribution < -0.4 is 0 Å². The van der Waals surface area contributed by atoms with Crippen LogP contribution >= 0.6 is 0 Å². The Bertz CT molecular complexity index is 264. The van der Waals surface area contributed by atoms with E-state index >= 15 is 0 Å². The molecule has 1 aliphatic rings. The fraction of sp³-hybridized carbons (Fsp3) is 0.700. The minimum Gasteiger partial charge on any atom is -0.306 e. The number of carbonyl (C=O) groups excluding carboxylic acids is 1. The molecule has 0 radical (unpaired) electrons. The van der Waals surface area contributed by atoms with E-state index in [0.29, 0.717) is 12.8 Å². The van der Waals surface area contributed by atoms with Crippen LogP contribution in [0.5, 0.6) is 0 Å². The second-order valence-corrected chi connectivity index (χ2v) is 3.75. The van der Waals surface area contributed by atoms with Crippen molar-refractivity contribution < 1.29 is 14.7 Å². The van der Waals surface area contributed by atoms with E-state index in [0.717, 1.165) is 19.3 Å². The summed E-state index contributed by atoms with van der Waals surface area (Å²) in [6, 6.07) is 0. The lowest BCUT2D eigenvalue weighted by Crippen LogP contribution is -2.25. The van der Waals surface area contributed by atoms with Crippen molar-refractivity contribution in [2.75, 3.05) is 0 Å². The van der Waals surface area contributed by atoms with Gasteiger partial charge in [0.1, 0.15) is 11.9 Å². The van der Waals surface area contributed by atoms with Crippen molar-refractivity contribution in [2.45, 2.75) is 38.2 Å². The van der Waals surface area contributed by atoms with E-state index < -0.39 is 11.2 Å². The first-order valence-corrected chi connectivity index (χ1v) is 5.10. The zero-order valence-corrected chi connectivity index (χ0v) is 8.55. The van der Waals surface area contributed by atoms with Crippen molar-refractivity contribution in [1.29, 1.82) is 0 Å². The first-order valence-electron chi connectivity index (χ1n) is 5.10. The molecular weight excluding hydrogens is 198 g/mol. The first-order chi connectivity index (χ1) is 7.13. The highest BCUT2D eigenvalue weighted by Gasteiger charge is 2.25. The number of nitrogens with zero attached hydrogens (tertiary/aromatic N) is 1. The Kier molecular flexibility index (Phi) is 4.27. The maximum atomic E-state index is 11.5. The van der Waals surface area contributed by atoms with E-state index in [1.165, 1.54) is 6.08 Å².